The summed E-state index contributed by atoms with van der Waals surface area (Å²) >= 11 is 1.34. The number of pyridine rings is 1. The standard InChI is InChI=1S/C18H17N3O4S/c19-15-11-7-10-8-13-14(25-6-5-24-13)9-12(10)20-17(11)26-16(15)18(22)21-1-3-23-4-2-21/h7-9H,1-6,19H2. The number of nitrogens with zero attached hydrogens (tertiary/aromatic N) is 2. The first kappa shape index (κ1) is 15.7. The first-order valence-electron chi connectivity index (χ1n) is 8.50. The Labute approximate surface area is 153 Å². The molecule has 2 N–H and O–H groups in total. The van der Waals surface area contributed by atoms with Gasteiger partial charge >= 0.3 is 0 Å². The molecule has 4 heterocycles. The van der Waals surface area contributed by atoms with E-state index in [-0.39, 0.29) is 5.91 Å². The van der Waals surface area contributed by atoms with Gasteiger partial charge in [0.05, 0.1) is 24.4 Å². The molecule has 26 heavy (non-hydrogen) atoms. The highest BCUT2D eigenvalue weighted by Crippen LogP contribution is 2.39. The molecule has 7 nitrogen and oxygen atoms in total. The van der Waals surface area contributed by atoms with Crippen LogP contribution in [0, 0.1) is 0 Å². The number of ether oxygens (including phenoxy) is 3. The molecule has 134 valence electrons. The fraction of sp³-hybridized carbons (Fsp3) is 0.333. The normalized spacial score (nSPS) is 17.0. The molecule has 0 atom stereocenters. The number of benzene rings is 1. The Bertz CT molecular complexity index is 1030. The average Bonchev–Trinajstić information content (AvgIpc) is 3.00. The van der Waals surface area contributed by atoms with Gasteiger partial charge in [-0.05, 0) is 12.1 Å². The maximum absolute atomic E-state index is 12.8. The maximum Gasteiger partial charge on any atom is 0.266 e. The van der Waals surface area contributed by atoms with Gasteiger partial charge in [0, 0.05) is 29.9 Å². The number of anilines is 1. The van der Waals surface area contributed by atoms with Gasteiger partial charge in [-0.2, -0.15) is 0 Å². The summed E-state index contributed by atoms with van der Waals surface area (Å²) in [5, 5.41) is 1.72. The zero-order valence-corrected chi connectivity index (χ0v) is 14.8. The van der Waals surface area contributed by atoms with Crippen LogP contribution in [0.5, 0.6) is 11.5 Å². The Kier molecular flexibility index (Phi) is 3.61. The molecule has 5 rings (SSSR count). The fourth-order valence-corrected chi connectivity index (χ4v) is 4.36. The molecule has 0 radical (unpaired) electrons. The van der Waals surface area contributed by atoms with Crippen molar-refractivity contribution in [1.82, 2.24) is 9.88 Å². The van der Waals surface area contributed by atoms with Gasteiger partial charge in [-0.3, -0.25) is 4.79 Å². The number of nitrogen functional groups attached to an aromatic ring is 1. The highest BCUT2D eigenvalue weighted by molar-refractivity contribution is 7.21. The minimum absolute atomic E-state index is 0.0520. The van der Waals surface area contributed by atoms with Crippen molar-refractivity contribution in [1.29, 1.82) is 0 Å². The van der Waals surface area contributed by atoms with Gasteiger partial charge < -0.3 is 24.8 Å². The number of fused-ring (bicyclic) bond motifs is 3. The van der Waals surface area contributed by atoms with Crippen LogP contribution in [0.1, 0.15) is 9.67 Å². The van der Waals surface area contributed by atoms with Crippen LogP contribution >= 0.6 is 11.3 Å². The molecule has 0 spiro atoms. The van der Waals surface area contributed by atoms with Crippen molar-refractivity contribution in [2.24, 2.45) is 0 Å². The minimum atomic E-state index is -0.0520. The number of thiophene rings is 1. The van der Waals surface area contributed by atoms with Crippen molar-refractivity contribution in [3.8, 4) is 11.5 Å². The Morgan fingerprint density at radius 1 is 1.08 bits per heavy atom. The second kappa shape index (κ2) is 6.00. The van der Waals surface area contributed by atoms with Crippen LogP contribution in [0.25, 0.3) is 21.1 Å². The summed E-state index contributed by atoms with van der Waals surface area (Å²) in [5.74, 6) is 1.36. The smallest absolute Gasteiger partial charge is 0.266 e. The van der Waals surface area contributed by atoms with Gasteiger partial charge in [0.15, 0.2) is 11.5 Å². The number of amides is 1. The predicted molar refractivity (Wildman–Crippen MR) is 99.3 cm³/mol. The van der Waals surface area contributed by atoms with Crippen LogP contribution in [-0.2, 0) is 4.74 Å². The molecular weight excluding hydrogens is 354 g/mol. The van der Waals surface area contributed by atoms with Crippen molar-refractivity contribution in [2.75, 3.05) is 45.3 Å². The van der Waals surface area contributed by atoms with Crippen LogP contribution in [0.15, 0.2) is 18.2 Å². The molecule has 0 aliphatic carbocycles. The van der Waals surface area contributed by atoms with Gasteiger partial charge in [0.2, 0.25) is 0 Å². The highest BCUT2D eigenvalue weighted by atomic mass is 32.1. The molecule has 2 aliphatic heterocycles. The van der Waals surface area contributed by atoms with Crippen molar-refractivity contribution >= 4 is 44.1 Å². The molecule has 0 saturated carbocycles. The van der Waals surface area contributed by atoms with E-state index in [1.54, 1.807) is 4.90 Å². The molecule has 0 bridgehead atoms. The number of nitrogens with two attached hydrogens (primary N) is 1. The summed E-state index contributed by atoms with van der Waals surface area (Å²) in [4.78, 5) is 20.6. The number of hydrogen-bond acceptors (Lipinski definition) is 7. The number of aromatic nitrogens is 1. The molecule has 3 aromatic rings. The first-order valence-corrected chi connectivity index (χ1v) is 9.32. The molecule has 1 fully saturated rings. The topological polar surface area (TPSA) is 86.9 Å². The quantitative estimate of drug-likeness (QED) is 0.706. The molecule has 2 aromatic heterocycles. The largest absolute Gasteiger partial charge is 0.486 e. The lowest BCUT2D eigenvalue weighted by atomic mass is 10.1. The number of rotatable bonds is 1. The Morgan fingerprint density at radius 3 is 2.58 bits per heavy atom. The zero-order chi connectivity index (χ0) is 17.7. The number of carbonyl (C=O) groups is 1. The maximum atomic E-state index is 12.8. The van der Waals surface area contributed by atoms with Crippen molar-refractivity contribution in [2.45, 2.75) is 0 Å². The van der Waals surface area contributed by atoms with E-state index in [2.05, 4.69) is 0 Å². The predicted octanol–water partition coefficient (Wildman–Crippen LogP) is 2.28. The van der Waals surface area contributed by atoms with E-state index in [4.69, 9.17) is 24.9 Å². The summed E-state index contributed by atoms with van der Waals surface area (Å²) in [6.07, 6.45) is 0. The van der Waals surface area contributed by atoms with Crippen molar-refractivity contribution in [3.63, 3.8) is 0 Å². The van der Waals surface area contributed by atoms with Crippen LogP contribution < -0.4 is 15.2 Å². The van der Waals surface area contributed by atoms with E-state index < -0.39 is 0 Å². The van der Waals surface area contributed by atoms with Gasteiger partial charge in [-0.1, -0.05) is 0 Å². The third kappa shape index (κ3) is 2.45. The molecule has 1 amide bonds. The van der Waals surface area contributed by atoms with Gasteiger partial charge in [-0.25, -0.2) is 4.98 Å². The number of carbonyl (C=O) groups excluding carboxylic acids is 1. The lowest BCUT2D eigenvalue weighted by Gasteiger charge is -2.26. The second-order valence-corrected chi connectivity index (χ2v) is 7.28. The van der Waals surface area contributed by atoms with E-state index in [1.807, 2.05) is 18.2 Å². The Morgan fingerprint density at radius 2 is 1.81 bits per heavy atom. The molecular formula is C18H17N3O4S. The average molecular weight is 371 g/mol. The van der Waals surface area contributed by atoms with E-state index >= 15 is 0 Å². The van der Waals surface area contributed by atoms with Crippen LogP contribution in [-0.4, -0.2) is 55.3 Å². The van der Waals surface area contributed by atoms with Gasteiger partial charge in [0.25, 0.3) is 5.91 Å². The summed E-state index contributed by atoms with van der Waals surface area (Å²) in [7, 11) is 0. The zero-order valence-electron chi connectivity index (χ0n) is 14.0. The van der Waals surface area contributed by atoms with E-state index in [1.165, 1.54) is 11.3 Å². The minimum Gasteiger partial charge on any atom is -0.486 e. The summed E-state index contributed by atoms with van der Waals surface area (Å²) < 4.78 is 16.6. The molecule has 8 heteroatoms. The highest BCUT2D eigenvalue weighted by Gasteiger charge is 2.24. The van der Waals surface area contributed by atoms with Gasteiger partial charge in [0.1, 0.15) is 22.9 Å². The van der Waals surface area contributed by atoms with Gasteiger partial charge in [-0.15, -0.1) is 11.3 Å². The third-order valence-electron chi connectivity index (χ3n) is 4.67. The summed E-state index contributed by atoms with van der Waals surface area (Å²) in [6, 6.07) is 5.76. The lowest BCUT2D eigenvalue weighted by molar-refractivity contribution is 0.0307. The van der Waals surface area contributed by atoms with Crippen molar-refractivity contribution in [3.05, 3.63) is 23.1 Å². The second-order valence-electron chi connectivity index (χ2n) is 6.28. The number of morpholine rings is 1. The van der Waals surface area contributed by atoms with Crippen LogP contribution in [0.2, 0.25) is 0 Å². The number of hydrogen-bond donors (Lipinski definition) is 1. The first-order chi connectivity index (χ1) is 12.7. The lowest BCUT2D eigenvalue weighted by Crippen LogP contribution is -2.40. The van der Waals surface area contributed by atoms with Crippen molar-refractivity contribution < 1.29 is 19.0 Å². The molecule has 1 aromatic carbocycles. The fourth-order valence-electron chi connectivity index (χ4n) is 3.31. The van der Waals surface area contributed by atoms with Crippen LogP contribution in [0.3, 0.4) is 0 Å². The molecule has 2 aliphatic rings. The van der Waals surface area contributed by atoms with E-state index in [0.717, 1.165) is 21.1 Å². The van der Waals surface area contributed by atoms with E-state index in [0.29, 0.717) is 61.6 Å². The summed E-state index contributed by atoms with van der Waals surface area (Å²) in [6.45, 7) is 3.36. The Balaban J connectivity index is 1.61. The Hall–Kier alpha value is -2.58. The molecule has 0 unspecified atom stereocenters. The third-order valence-corrected chi connectivity index (χ3v) is 5.77. The molecule has 1 saturated heterocycles. The van der Waals surface area contributed by atoms with Crippen LogP contribution in [0.4, 0.5) is 5.69 Å². The SMILES string of the molecule is Nc1c(C(=O)N2CCOCC2)sc2nc3cc4c(cc3cc12)OCCO4. The van der Waals surface area contributed by atoms with E-state index in [9.17, 15) is 4.79 Å². The monoisotopic (exact) mass is 371 g/mol. The summed E-state index contributed by atoms with van der Waals surface area (Å²) in [5.41, 5.74) is 7.60.